The van der Waals surface area contributed by atoms with Gasteiger partial charge in [-0.05, 0) is 42.8 Å². The van der Waals surface area contributed by atoms with E-state index in [0.717, 1.165) is 35.7 Å². The lowest BCUT2D eigenvalue weighted by Crippen LogP contribution is -2.21. The Labute approximate surface area is 155 Å². The molecule has 0 aliphatic carbocycles. The van der Waals surface area contributed by atoms with Gasteiger partial charge in [-0.3, -0.25) is 4.79 Å². The summed E-state index contributed by atoms with van der Waals surface area (Å²) in [5.41, 5.74) is 1.57. The molecule has 2 N–H and O–H groups in total. The van der Waals surface area contributed by atoms with Crippen LogP contribution >= 0.6 is 0 Å². The Kier molecular flexibility index (Phi) is 8.06. The van der Waals surface area contributed by atoms with Crippen LogP contribution in [0.4, 0.5) is 11.4 Å². The number of ether oxygens (including phenoxy) is 2. The summed E-state index contributed by atoms with van der Waals surface area (Å²) in [6.07, 6.45) is 3.81. The van der Waals surface area contributed by atoms with E-state index < -0.39 is 0 Å². The van der Waals surface area contributed by atoms with Gasteiger partial charge in [-0.2, -0.15) is 0 Å². The number of rotatable bonds is 11. The fourth-order valence-corrected chi connectivity index (χ4v) is 2.21. The number of carbonyl (C=O) groups is 1. The topological polar surface area (TPSA) is 59.6 Å². The third-order valence-corrected chi connectivity index (χ3v) is 3.56. The molecule has 0 bridgehead atoms. The van der Waals surface area contributed by atoms with Crippen molar-refractivity contribution >= 4 is 17.3 Å². The Morgan fingerprint density at radius 3 is 2.62 bits per heavy atom. The largest absolute Gasteiger partial charge is 0.494 e. The second-order valence-corrected chi connectivity index (χ2v) is 5.76. The van der Waals surface area contributed by atoms with Crippen molar-refractivity contribution in [2.24, 2.45) is 0 Å². The number of amides is 1. The summed E-state index contributed by atoms with van der Waals surface area (Å²) in [6, 6.07) is 14.9. The molecule has 2 aromatic rings. The third kappa shape index (κ3) is 6.89. The maximum absolute atomic E-state index is 12.1. The predicted octanol–water partition coefficient (Wildman–Crippen LogP) is 4.48. The summed E-state index contributed by atoms with van der Waals surface area (Å²) >= 11 is 0. The Bertz CT molecular complexity index is 699. The Hall–Kier alpha value is -2.95. The van der Waals surface area contributed by atoms with Crippen LogP contribution in [0.2, 0.25) is 0 Å². The molecule has 26 heavy (non-hydrogen) atoms. The van der Waals surface area contributed by atoms with Crippen LogP contribution in [0, 0.1) is 0 Å². The minimum absolute atomic E-state index is 0.123. The first kappa shape index (κ1) is 19.4. The molecule has 0 fully saturated rings. The van der Waals surface area contributed by atoms with Crippen LogP contribution in [-0.2, 0) is 4.79 Å². The van der Waals surface area contributed by atoms with E-state index in [4.69, 9.17) is 9.47 Å². The molecule has 0 radical (unpaired) electrons. The number of hydrogen-bond acceptors (Lipinski definition) is 4. The molecule has 0 heterocycles. The first-order chi connectivity index (χ1) is 12.7. The van der Waals surface area contributed by atoms with Gasteiger partial charge < -0.3 is 20.1 Å². The van der Waals surface area contributed by atoms with Gasteiger partial charge in [0, 0.05) is 17.4 Å². The third-order valence-electron chi connectivity index (χ3n) is 3.56. The highest BCUT2D eigenvalue weighted by atomic mass is 16.5. The zero-order valence-electron chi connectivity index (χ0n) is 15.2. The second-order valence-electron chi connectivity index (χ2n) is 5.76. The molecule has 2 rings (SSSR count). The van der Waals surface area contributed by atoms with Gasteiger partial charge in [0.05, 0.1) is 13.2 Å². The van der Waals surface area contributed by atoms with E-state index in [-0.39, 0.29) is 12.5 Å². The average molecular weight is 354 g/mol. The van der Waals surface area contributed by atoms with Crippen molar-refractivity contribution in [3.8, 4) is 11.5 Å². The summed E-state index contributed by atoms with van der Waals surface area (Å²) in [5, 5.41) is 5.95. The molecule has 0 spiro atoms. The van der Waals surface area contributed by atoms with Crippen LogP contribution in [0.3, 0.4) is 0 Å². The van der Waals surface area contributed by atoms with Gasteiger partial charge in [0.1, 0.15) is 18.1 Å². The molecule has 0 atom stereocenters. The zero-order valence-corrected chi connectivity index (χ0v) is 15.2. The number of nitrogens with one attached hydrogen (secondary N) is 2. The Morgan fingerprint density at radius 2 is 1.88 bits per heavy atom. The quantitative estimate of drug-likeness (QED) is 0.461. The minimum Gasteiger partial charge on any atom is -0.494 e. The molecule has 0 aliphatic rings. The van der Waals surface area contributed by atoms with Gasteiger partial charge in [0.25, 0.3) is 0 Å². The molecule has 0 saturated carbocycles. The van der Waals surface area contributed by atoms with E-state index in [1.54, 1.807) is 18.2 Å². The van der Waals surface area contributed by atoms with Crippen LogP contribution < -0.4 is 20.1 Å². The van der Waals surface area contributed by atoms with Crippen molar-refractivity contribution < 1.29 is 14.3 Å². The van der Waals surface area contributed by atoms with Crippen LogP contribution in [0.5, 0.6) is 11.5 Å². The predicted molar refractivity (Wildman–Crippen MR) is 106 cm³/mol. The van der Waals surface area contributed by atoms with Crippen LogP contribution in [-0.4, -0.2) is 25.7 Å². The van der Waals surface area contributed by atoms with E-state index >= 15 is 0 Å². The molecular weight excluding hydrogens is 328 g/mol. The van der Waals surface area contributed by atoms with Gasteiger partial charge in [-0.1, -0.05) is 32.1 Å². The van der Waals surface area contributed by atoms with Crippen LogP contribution in [0.15, 0.2) is 61.2 Å². The van der Waals surface area contributed by atoms with Crippen molar-refractivity contribution in [3.05, 3.63) is 61.2 Å². The maximum atomic E-state index is 12.1. The fraction of sp³-hybridized carbons (Fsp3) is 0.286. The summed E-state index contributed by atoms with van der Waals surface area (Å²) < 4.78 is 11.1. The van der Waals surface area contributed by atoms with Gasteiger partial charge in [-0.15, -0.1) is 0 Å². The van der Waals surface area contributed by atoms with E-state index in [2.05, 4.69) is 24.1 Å². The fourth-order valence-electron chi connectivity index (χ4n) is 2.21. The molecule has 138 valence electrons. The lowest BCUT2D eigenvalue weighted by atomic mass is 10.3. The molecule has 5 nitrogen and oxygen atoms in total. The van der Waals surface area contributed by atoms with Crippen molar-refractivity contribution in [3.63, 3.8) is 0 Å². The van der Waals surface area contributed by atoms with Crippen LogP contribution in [0.1, 0.15) is 19.8 Å². The lowest BCUT2D eigenvalue weighted by molar-refractivity contribution is -0.114. The van der Waals surface area contributed by atoms with Crippen LogP contribution in [0.25, 0.3) is 0 Å². The highest BCUT2D eigenvalue weighted by Gasteiger charge is 2.04. The number of benzene rings is 2. The maximum Gasteiger partial charge on any atom is 0.243 e. The summed E-state index contributed by atoms with van der Waals surface area (Å²) in [5.74, 6) is 1.42. The molecule has 0 saturated heterocycles. The number of carbonyl (C=O) groups excluding carboxylic acids is 1. The van der Waals surface area contributed by atoms with E-state index in [9.17, 15) is 4.79 Å². The molecule has 0 aromatic heterocycles. The molecular formula is C21H26N2O3. The van der Waals surface area contributed by atoms with Gasteiger partial charge in [0.2, 0.25) is 5.91 Å². The highest BCUT2D eigenvalue weighted by molar-refractivity contribution is 5.93. The normalized spacial score (nSPS) is 10.0. The smallest absolute Gasteiger partial charge is 0.243 e. The van der Waals surface area contributed by atoms with Gasteiger partial charge >= 0.3 is 0 Å². The summed E-state index contributed by atoms with van der Waals surface area (Å²) in [7, 11) is 0. The molecule has 1 amide bonds. The molecule has 0 aliphatic heterocycles. The first-order valence-electron chi connectivity index (χ1n) is 8.81. The van der Waals surface area contributed by atoms with Gasteiger partial charge in [0.15, 0.2) is 0 Å². The standard InChI is InChI=1S/C21H26N2O3/c1-3-5-14-26-20-8-6-7-18(15-20)22-16-21(24)23-17-9-11-19(12-10-17)25-13-4-2/h4,6-12,15,22H,2-3,5,13-14,16H2,1H3,(H,23,24). The molecule has 5 heteroatoms. The first-order valence-corrected chi connectivity index (χ1v) is 8.81. The zero-order chi connectivity index (χ0) is 18.6. The highest BCUT2D eigenvalue weighted by Crippen LogP contribution is 2.18. The molecule has 0 unspecified atom stereocenters. The average Bonchev–Trinajstić information content (AvgIpc) is 2.66. The van der Waals surface area contributed by atoms with E-state index in [0.29, 0.717) is 13.2 Å². The SMILES string of the molecule is C=CCOc1ccc(NC(=O)CNc2cccc(OCCCC)c2)cc1. The van der Waals surface area contributed by atoms with Crippen molar-refractivity contribution in [1.82, 2.24) is 0 Å². The lowest BCUT2D eigenvalue weighted by Gasteiger charge is -2.10. The monoisotopic (exact) mass is 354 g/mol. The number of anilines is 2. The Morgan fingerprint density at radius 1 is 1.08 bits per heavy atom. The summed E-state index contributed by atoms with van der Waals surface area (Å²) in [4.78, 5) is 12.1. The molecule has 2 aromatic carbocycles. The van der Waals surface area contributed by atoms with E-state index in [1.165, 1.54) is 0 Å². The van der Waals surface area contributed by atoms with Crippen molar-refractivity contribution in [2.45, 2.75) is 19.8 Å². The van der Waals surface area contributed by atoms with E-state index in [1.807, 2.05) is 36.4 Å². The number of unbranched alkanes of at least 4 members (excludes halogenated alkanes) is 1. The minimum atomic E-state index is -0.123. The van der Waals surface area contributed by atoms with Gasteiger partial charge in [-0.25, -0.2) is 0 Å². The summed E-state index contributed by atoms with van der Waals surface area (Å²) in [6.45, 7) is 7.06. The second kappa shape index (κ2) is 10.8. The van der Waals surface area contributed by atoms with Crippen molar-refractivity contribution in [1.29, 1.82) is 0 Å². The number of hydrogen-bond donors (Lipinski definition) is 2. The van der Waals surface area contributed by atoms with Crippen molar-refractivity contribution in [2.75, 3.05) is 30.4 Å². The Balaban J connectivity index is 1.79.